The highest BCUT2D eigenvalue weighted by atomic mass is 127. The summed E-state index contributed by atoms with van der Waals surface area (Å²) in [4.78, 5) is 22.9. The second kappa shape index (κ2) is 12.7. The van der Waals surface area contributed by atoms with Crippen LogP contribution in [0, 0.1) is 0 Å². The lowest BCUT2D eigenvalue weighted by Gasteiger charge is -2.23. The highest BCUT2D eigenvalue weighted by molar-refractivity contribution is 5.77. The maximum absolute atomic E-state index is 11.4. The SMILES string of the molecule is C[N+](C)(C)CCOC(=O)CCC(=O)OCC[N+](C)(C)C.[I-].[I-]. The average Bonchev–Trinajstić information content (AvgIpc) is 2.22. The summed E-state index contributed by atoms with van der Waals surface area (Å²) in [6.45, 7) is 2.25. The van der Waals surface area contributed by atoms with E-state index < -0.39 is 0 Å². The van der Waals surface area contributed by atoms with Crippen molar-refractivity contribution >= 4 is 11.9 Å². The highest BCUT2D eigenvalue weighted by Crippen LogP contribution is 1.98. The minimum Gasteiger partial charge on any atom is -1.00 e. The number of nitrogens with zero attached hydrogens (tertiary/aromatic N) is 2. The van der Waals surface area contributed by atoms with Crippen molar-refractivity contribution in [2.45, 2.75) is 12.8 Å². The van der Waals surface area contributed by atoms with Gasteiger partial charge in [-0.25, -0.2) is 0 Å². The number of esters is 2. The fourth-order valence-electron chi connectivity index (χ4n) is 1.22. The molecule has 134 valence electrons. The highest BCUT2D eigenvalue weighted by Gasteiger charge is 2.13. The van der Waals surface area contributed by atoms with Gasteiger partial charge < -0.3 is 66.4 Å². The van der Waals surface area contributed by atoms with Crippen LogP contribution in [0.2, 0.25) is 0 Å². The lowest BCUT2D eigenvalue weighted by Crippen LogP contribution is -3.00. The van der Waals surface area contributed by atoms with E-state index in [0.717, 1.165) is 22.1 Å². The molecule has 0 atom stereocenters. The van der Waals surface area contributed by atoms with Crippen molar-refractivity contribution < 1.29 is 76.0 Å². The monoisotopic (exact) mass is 544 g/mol. The van der Waals surface area contributed by atoms with E-state index in [1.54, 1.807) is 0 Å². The van der Waals surface area contributed by atoms with Crippen LogP contribution < -0.4 is 48.0 Å². The molecular formula is C14H30I2N2O4. The summed E-state index contributed by atoms with van der Waals surface area (Å²) >= 11 is 0. The molecule has 0 aliphatic heterocycles. The minimum absolute atomic E-state index is 0. The Morgan fingerprint density at radius 2 is 0.955 bits per heavy atom. The first-order valence-electron chi connectivity index (χ1n) is 6.92. The molecule has 0 aromatic heterocycles. The van der Waals surface area contributed by atoms with Gasteiger partial charge in [0.25, 0.3) is 0 Å². The van der Waals surface area contributed by atoms with E-state index in [-0.39, 0.29) is 72.7 Å². The fourth-order valence-corrected chi connectivity index (χ4v) is 1.22. The Bertz CT molecular complexity index is 294. The van der Waals surface area contributed by atoms with Crippen LogP contribution in [0.15, 0.2) is 0 Å². The molecule has 0 fully saturated rings. The number of halogens is 2. The molecule has 8 heteroatoms. The van der Waals surface area contributed by atoms with Crippen molar-refractivity contribution in [2.24, 2.45) is 0 Å². The van der Waals surface area contributed by atoms with Crippen LogP contribution in [-0.4, -0.2) is 89.5 Å². The predicted molar refractivity (Wildman–Crippen MR) is 77.0 cm³/mol. The molecule has 0 aliphatic rings. The van der Waals surface area contributed by atoms with E-state index in [2.05, 4.69) is 0 Å². The molecule has 0 N–H and O–H groups in total. The first-order chi connectivity index (χ1) is 8.99. The van der Waals surface area contributed by atoms with Crippen LogP contribution in [0.4, 0.5) is 0 Å². The van der Waals surface area contributed by atoms with E-state index in [1.165, 1.54) is 0 Å². The van der Waals surface area contributed by atoms with Gasteiger partial charge in [-0.15, -0.1) is 0 Å². The third kappa shape index (κ3) is 20.3. The van der Waals surface area contributed by atoms with Gasteiger partial charge in [0.05, 0.1) is 55.1 Å². The van der Waals surface area contributed by atoms with Crippen molar-refractivity contribution in [3.63, 3.8) is 0 Å². The van der Waals surface area contributed by atoms with Crippen LogP contribution >= 0.6 is 0 Å². The normalized spacial score (nSPS) is 11.0. The standard InChI is InChI=1S/C14H30N2O4.2HI/c1-15(2,3)9-11-19-13(17)7-8-14(18)20-12-10-16(4,5)6;;/h7-12H2,1-6H3;2*1H/q+2;;/p-2. The van der Waals surface area contributed by atoms with Gasteiger partial charge in [0, 0.05) is 0 Å². The van der Waals surface area contributed by atoms with Gasteiger partial charge in [0.2, 0.25) is 0 Å². The summed E-state index contributed by atoms with van der Waals surface area (Å²) in [6.07, 6.45) is 0.167. The van der Waals surface area contributed by atoms with Crippen molar-refractivity contribution in [1.82, 2.24) is 0 Å². The Morgan fingerprint density at radius 1 is 0.682 bits per heavy atom. The number of hydrogen-bond acceptors (Lipinski definition) is 4. The van der Waals surface area contributed by atoms with Crippen molar-refractivity contribution in [2.75, 3.05) is 68.6 Å². The second-order valence-corrected chi connectivity index (χ2v) is 6.97. The minimum atomic E-state index is -0.345. The van der Waals surface area contributed by atoms with Gasteiger partial charge in [0.15, 0.2) is 0 Å². The van der Waals surface area contributed by atoms with E-state index in [9.17, 15) is 9.59 Å². The van der Waals surface area contributed by atoms with Gasteiger partial charge in [-0.3, -0.25) is 9.59 Å². The van der Waals surface area contributed by atoms with E-state index in [0.29, 0.717) is 13.2 Å². The van der Waals surface area contributed by atoms with Crippen LogP contribution in [0.25, 0.3) is 0 Å². The molecule has 0 spiro atoms. The lowest BCUT2D eigenvalue weighted by molar-refractivity contribution is -0.870. The molecule has 0 heterocycles. The number of likely N-dealkylation sites (N-methyl/N-ethyl adjacent to an activating group) is 2. The fraction of sp³-hybridized carbons (Fsp3) is 0.857. The van der Waals surface area contributed by atoms with Crippen LogP contribution in [-0.2, 0) is 19.1 Å². The van der Waals surface area contributed by atoms with E-state index in [4.69, 9.17) is 9.47 Å². The Kier molecular flexibility index (Phi) is 15.7. The molecule has 6 nitrogen and oxygen atoms in total. The van der Waals surface area contributed by atoms with Crippen LogP contribution in [0.3, 0.4) is 0 Å². The number of carbonyl (C=O) groups is 2. The summed E-state index contributed by atoms with van der Waals surface area (Å²) in [5, 5.41) is 0. The number of carbonyl (C=O) groups excluding carboxylic acids is 2. The molecule has 0 amide bonds. The van der Waals surface area contributed by atoms with Gasteiger partial charge in [-0.2, -0.15) is 0 Å². The Balaban J connectivity index is -0.00000180. The molecule has 0 radical (unpaired) electrons. The topological polar surface area (TPSA) is 52.6 Å². The van der Waals surface area contributed by atoms with E-state index in [1.807, 2.05) is 42.3 Å². The summed E-state index contributed by atoms with van der Waals surface area (Å²) in [7, 11) is 12.2. The predicted octanol–water partition coefficient (Wildman–Crippen LogP) is -5.73. The molecule has 0 aromatic rings. The Morgan fingerprint density at radius 3 is 1.18 bits per heavy atom. The first kappa shape index (κ1) is 27.2. The van der Waals surface area contributed by atoms with Gasteiger partial charge in [0.1, 0.15) is 26.3 Å². The largest absolute Gasteiger partial charge is 1.00 e. The Hall–Kier alpha value is 0.320. The molecule has 22 heavy (non-hydrogen) atoms. The third-order valence-electron chi connectivity index (χ3n) is 2.58. The van der Waals surface area contributed by atoms with Crippen molar-refractivity contribution in [3.05, 3.63) is 0 Å². The smallest absolute Gasteiger partial charge is 0.306 e. The summed E-state index contributed by atoms with van der Waals surface area (Å²) in [6, 6.07) is 0. The van der Waals surface area contributed by atoms with E-state index >= 15 is 0 Å². The molecule has 0 bridgehead atoms. The summed E-state index contributed by atoms with van der Waals surface area (Å²) < 4.78 is 11.6. The molecule has 0 saturated heterocycles. The average molecular weight is 544 g/mol. The number of hydrogen-bond donors (Lipinski definition) is 0. The van der Waals surface area contributed by atoms with Gasteiger partial charge in [-0.05, 0) is 0 Å². The zero-order chi connectivity index (χ0) is 15.8. The molecular weight excluding hydrogens is 514 g/mol. The molecule has 0 unspecified atom stereocenters. The van der Waals surface area contributed by atoms with Gasteiger partial charge >= 0.3 is 11.9 Å². The first-order valence-corrected chi connectivity index (χ1v) is 6.92. The zero-order valence-electron chi connectivity index (χ0n) is 14.5. The maximum atomic E-state index is 11.4. The lowest BCUT2D eigenvalue weighted by atomic mass is 10.3. The van der Waals surface area contributed by atoms with Crippen LogP contribution in [0.1, 0.15) is 12.8 Å². The summed E-state index contributed by atoms with van der Waals surface area (Å²) in [5.74, 6) is -0.691. The number of ether oxygens (including phenoxy) is 2. The molecule has 0 rings (SSSR count). The molecule has 0 saturated carbocycles. The van der Waals surface area contributed by atoms with Crippen LogP contribution in [0.5, 0.6) is 0 Å². The number of rotatable bonds is 9. The quantitative estimate of drug-likeness (QED) is 0.165. The Labute approximate surface area is 168 Å². The van der Waals surface area contributed by atoms with Crippen molar-refractivity contribution in [1.29, 1.82) is 0 Å². The number of quaternary nitrogens is 2. The zero-order valence-corrected chi connectivity index (χ0v) is 18.8. The molecule has 0 aromatic carbocycles. The maximum Gasteiger partial charge on any atom is 0.306 e. The van der Waals surface area contributed by atoms with Crippen molar-refractivity contribution in [3.8, 4) is 0 Å². The van der Waals surface area contributed by atoms with Gasteiger partial charge in [-0.1, -0.05) is 0 Å². The second-order valence-electron chi connectivity index (χ2n) is 6.97. The summed E-state index contributed by atoms with van der Waals surface area (Å²) in [5.41, 5.74) is 0. The molecule has 0 aliphatic carbocycles. The third-order valence-corrected chi connectivity index (χ3v) is 2.58.